The van der Waals surface area contributed by atoms with E-state index in [4.69, 9.17) is 0 Å². The monoisotopic (exact) mass is 574 g/mol. The fraction of sp³-hybridized carbons (Fsp3) is 0.238. The molecule has 44 heavy (non-hydrogen) atoms. The summed E-state index contributed by atoms with van der Waals surface area (Å²) in [4.78, 5) is 5.15. The number of allylic oxidation sites excluding steroid dienone is 12. The SMILES string of the molecule is CC1=CC=C(N(C2=CC=C(C)CC2)c2c3ccccc3c(N(C3=CC=C(C)CC3)c3ccc(C)cc3)c3ccccc23)CC1. The van der Waals surface area contributed by atoms with E-state index in [1.54, 1.807) is 0 Å². The van der Waals surface area contributed by atoms with Gasteiger partial charge in [-0.3, -0.25) is 0 Å². The zero-order valence-corrected chi connectivity index (χ0v) is 26.5. The van der Waals surface area contributed by atoms with E-state index in [1.807, 2.05) is 0 Å². The lowest BCUT2D eigenvalue weighted by molar-refractivity contribution is 0.809. The Labute approximate surface area is 262 Å². The van der Waals surface area contributed by atoms with Crippen LogP contribution in [0.15, 0.2) is 143 Å². The Morgan fingerprint density at radius 1 is 0.386 bits per heavy atom. The Bertz CT molecular complexity index is 1850. The maximum absolute atomic E-state index is 2.61. The molecule has 0 aliphatic heterocycles. The van der Waals surface area contributed by atoms with Crippen molar-refractivity contribution in [1.29, 1.82) is 0 Å². The second-order valence-electron chi connectivity index (χ2n) is 12.8. The minimum absolute atomic E-state index is 1.02. The van der Waals surface area contributed by atoms with Gasteiger partial charge in [-0.15, -0.1) is 0 Å². The summed E-state index contributed by atoms with van der Waals surface area (Å²) in [6, 6.07) is 27.2. The minimum Gasteiger partial charge on any atom is -0.317 e. The molecule has 0 saturated heterocycles. The molecule has 0 aromatic heterocycles. The van der Waals surface area contributed by atoms with Crippen molar-refractivity contribution in [3.8, 4) is 0 Å². The maximum Gasteiger partial charge on any atom is 0.0616 e. The third-order valence-electron chi connectivity index (χ3n) is 9.48. The van der Waals surface area contributed by atoms with Crippen LogP contribution in [0.3, 0.4) is 0 Å². The maximum atomic E-state index is 2.61. The predicted octanol–water partition coefficient (Wildman–Crippen LogP) is 12.1. The van der Waals surface area contributed by atoms with E-state index in [1.165, 1.54) is 78.0 Å². The zero-order valence-electron chi connectivity index (χ0n) is 26.5. The molecular weight excluding hydrogens is 532 g/mol. The van der Waals surface area contributed by atoms with Crippen molar-refractivity contribution in [2.75, 3.05) is 9.80 Å². The fourth-order valence-electron chi connectivity index (χ4n) is 6.92. The lowest BCUT2D eigenvalue weighted by atomic mass is 9.92. The molecule has 0 saturated carbocycles. The molecule has 3 aliphatic carbocycles. The molecule has 0 heterocycles. The van der Waals surface area contributed by atoms with Crippen LogP contribution >= 0.6 is 0 Å². The van der Waals surface area contributed by atoms with Crippen molar-refractivity contribution < 1.29 is 0 Å². The van der Waals surface area contributed by atoms with Gasteiger partial charge in [0.1, 0.15) is 0 Å². The Morgan fingerprint density at radius 2 is 0.750 bits per heavy atom. The summed E-state index contributed by atoms with van der Waals surface area (Å²) >= 11 is 0. The van der Waals surface area contributed by atoms with Crippen molar-refractivity contribution in [2.45, 2.75) is 66.2 Å². The van der Waals surface area contributed by atoms with Gasteiger partial charge >= 0.3 is 0 Å². The van der Waals surface area contributed by atoms with E-state index in [0.717, 1.165) is 38.5 Å². The molecule has 2 nitrogen and oxygen atoms in total. The molecule has 0 atom stereocenters. The molecule has 2 heteroatoms. The van der Waals surface area contributed by atoms with Gasteiger partial charge in [-0.25, -0.2) is 0 Å². The number of rotatable bonds is 6. The molecule has 4 aromatic carbocycles. The van der Waals surface area contributed by atoms with Crippen molar-refractivity contribution >= 4 is 38.6 Å². The summed E-state index contributed by atoms with van der Waals surface area (Å²) in [5.74, 6) is 0. The van der Waals surface area contributed by atoms with E-state index in [9.17, 15) is 0 Å². The largest absolute Gasteiger partial charge is 0.317 e. The molecule has 0 spiro atoms. The summed E-state index contributed by atoms with van der Waals surface area (Å²) in [7, 11) is 0. The Kier molecular flexibility index (Phi) is 7.60. The minimum atomic E-state index is 1.02. The van der Waals surface area contributed by atoms with Crippen molar-refractivity contribution in [3.05, 3.63) is 149 Å². The fourth-order valence-corrected chi connectivity index (χ4v) is 6.92. The van der Waals surface area contributed by atoms with Crippen LogP contribution in [0, 0.1) is 6.92 Å². The first-order chi connectivity index (χ1) is 21.5. The molecule has 0 radical (unpaired) electrons. The van der Waals surface area contributed by atoms with Crippen molar-refractivity contribution in [1.82, 2.24) is 0 Å². The van der Waals surface area contributed by atoms with Gasteiger partial charge < -0.3 is 9.80 Å². The molecule has 3 aliphatic rings. The predicted molar refractivity (Wildman–Crippen MR) is 190 cm³/mol. The second-order valence-corrected chi connectivity index (χ2v) is 12.8. The third-order valence-corrected chi connectivity index (χ3v) is 9.48. The van der Waals surface area contributed by atoms with Crippen LogP contribution in [-0.2, 0) is 0 Å². The number of hydrogen-bond donors (Lipinski definition) is 0. The zero-order chi connectivity index (χ0) is 30.2. The summed E-state index contributed by atoms with van der Waals surface area (Å²) in [6.07, 6.45) is 20.4. The van der Waals surface area contributed by atoms with Gasteiger partial charge in [0.2, 0.25) is 0 Å². The lowest BCUT2D eigenvalue weighted by Crippen LogP contribution is -2.25. The van der Waals surface area contributed by atoms with Gasteiger partial charge in [-0.1, -0.05) is 101 Å². The molecule has 0 fully saturated rings. The molecule has 0 unspecified atom stereocenters. The first kappa shape index (κ1) is 28.2. The summed E-state index contributed by atoms with van der Waals surface area (Å²) in [5, 5.41) is 5.15. The Hall–Kier alpha value is -4.56. The van der Waals surface area contributed by atoms with Crippen LogP contribution in [-0.4, -0.2) is 0 Å². The summed E-state index contributed by atoms with van der Waals surface area (Å²) < 4.78 is 0. The van der Waals surface area contributed by atoms with E-state index in [2.05, 4.69) is 147 Å². The smallest absolute Gasteiger partial charge is 0.0616 e. The van der Waals surface area contributed by atoms with E-state index in [0.29, 0.717) is 0 Å². The van der Waals surface area contributed by atoms with Crippen molar-refractivity contribution in [2.24, 2.45) is 0 Å². The van der Waals surface area contributed by atoms with Crippen molar-refractivity contribution in [3.63, 3.8) is 0 Å². The van der Waals surface area contributed by atoms with Crippen LogP contribution in [0.4, 0.5) is 17.1 Å². The number of benzene rings is 4. The molecule has 4 aromatic rings. The highest BCUT2D eigenvalue weighted by Gasteiger charge is 2.28. The molecule has 0 N–H and O–H groups in total. The molecule has 0 bridgehead atoms. The first-order valence-corrected chi connectivity index (χ1v) is 16.2. The molecule has 220 valence electrons. The number of fused-ring (bicyclic) bond motifs is 2. The van der Waals surface area contributed by atoms with Crippen LogP contribution in [0.2, 0.25) is 0 Å². The van der Waals surface area contributed by atoms with Crippen LogP contribution in [0.5, 0.6) is 0 Å². The van der Waals surface area contributed by atoms with E-state index >= 15 is 0 Å². The van der Waals surface area contributed by atoms with Gasteiger partial charge in [0.15, 0.2) is 0 Å². The highest BCUT2D eigenvalue weighted by atomic mass is 15.2. The highest BCUT2D eigenvalue weighted by molar-refractivity contribution is 6.22. The van der Waals surface area contributed by atoms with Gasteiger partial charge in [0, 0.05) is 44.3 Å². The molecule has 7 rings (SSSR count). The second kappa shape index (κ2) is 11.8. The van der Waals surface area contributed by atoms with Crippen LogP contribution in [0.1, 0.15) is 64.9 Å². The van der Waals surface area contributed by atoms with Crippen LogP contribution in [0.25, 0.3) is 21.5 Å². The summed E-state index contributed by atoms with van der Waals surface area (Å²) in [6.45, 7) is 8.91. The van der Waals surface area contributed by atoms with Gasteiger partial charge in [0.05, 0.1) is 11.4 Å². The molecular formula is C42H42N2. The average molecular weight is 575 g/mol. The van der Waals surface area contributed by atoms with Crippen LogP contribution < -0.4 is 9.80 Å². The first-order valence-electron chi connectivity index (χ1n) is 16.2. The number of hydrogen-bond acceptors (Lipinski definition) is 2. The van der Waals surface area contributed by atoms with Gasteiger partial charge in [-0.2, -0.15) is 0 Å². The Morgan fingerprint density at radius 3 is 1.11 bits per heavy atom. The van der Waals surface area contributed by atoms with Gasteiger partial charge in [0.25, 0.3) is 0 Å². The summed E-state index contributed by atoms with van der Waals surface area (Å²) in [5.41, 5.74) is 13.5. The van der Waals surface area contributed by atoms with Gasteiger partial charge in [-0.05, 0) is 96.6 Å². The third kappa shape index (κ3) is 5.24. The quantitative estimate of drug-likeness (QED) is 0.167. The standard InChI is InChI=1S/C42H42N2/c1-29-13-21-33(22-14-29)43(34-23-15-30(2)16-24-34)41-37-9-5-7-11-39(37)42(40-12-8-6-10-38(40)41)44(35-25-17-31(3)18-26-35)36-27-19-32(4)20-28-36/h5-15,17,19,21-23,25,27H,16,18,20,24,26,28H2,1-4H3. The lowest BCUT2D eigenvalue weighted by Gasteiger charge is -2.37. The van der Waals surface area contributed by atoms with E-state index < -0.39 is 0 Å². The Balaban J connectivity index is 1.56. The highest BCUT2D eigenvalue weighted by Crippen LogP contribution is 2.50. The number of aryl methyl sites for hydroxylation is 1. The molecule has 0 amide bonds. The topological polar surface area (TPSA) is 6.48 Å². The van der Waals surface area contributed by atoms with E-state index in [-0.39, 0.29) is 0 Å². The number of nitrogens with zero attached hydrogens (tertiary/aromatic N) is 2. The normalized spacial score (nSPS) is 16.9. The average Bonchev–Trinajstić information content (AvgIpc) is 3.05. The number of anilines is 3.